The van der Waals surface area contributed by atoms with Crippen LogP contribution >= 0.6 is 11.6 Å². The molecule has 4 aliphatic rings. The first-order valence-corrected chi connectivity index (χ1v) is 11.1. The molecule has 0 saturated heterocycles. The fraction of sp³-hybridized carbons (Fsp3) is 0.542. The minimum atomic E-state index is -0.124. The largest absolute Gasteiger partial charge is 0.484 e. The first kappa shape index (κ1) is 19.0. The summed E-state index contributed by atoms with van der Waals surface area (Å²) >= 11 is 6.20. The predicted octanol–water partition coefficient (Wildman–Crippen LogP) is 5.77. The number of ether oxygens (including phenoxy) is 1. The average molecular weight is 414 g/mol. The van der Waals surface area contributed by atoms with Crippen LogP contribution in [0.1, 0.15) is 60.4 Å². The van der Waals surface area contributed by atoms with Crippen molar-refractivity contribution < 1.29 is 13.9 Å². The third-order valence-electron chi connectivity index (χ3n) is 7.20. The van der Waals surface area contributed by atoms with Gasteiger partial charge in [0.1, 0.15) is 18.1 Å². The van der Waals surface area contributed by atoms with Crippen LogP contribution in [0.5, 0.6) is 5.75 Å². The van der Waals surface area contributed by atoms with Crippen molar-refractivity contribution in [2.24, 2.45) is 23.2 Å². The summed E-state index contributed by atoms with van der Waals surface area (Å²) in [6, 6.07) is 9.17. The van der Waals surface area contributed by atoms with Gasteiger partial charge < -0.3 is 14.5 Å². The molecule has 0 unspecified atom stereocenters. The lowest BCUT2D eigenvalue weighted by Crippen LogP contribution is -2.51. The number of para-hydroxylation sites is 1. The molecule has 4 fully saturated rings. The molecule has 1 heterocycles. The van der Waals surface area contributed by atoms with Crippen molar-refractivity contribution >= 4 is 17.5 Å². The molecule has 6 rings (SSSR count). The molecule has 154 valence electrons. The Kier molecular flexibility index (Phi) is 4.85. The summed E-state index contributed by atoms with van der Waals surface area (Å²) in [5, 5.41) is 3.74. The van der Waals surface area contributed by atoms with Crippen LogP contribution in [0.2, 0.25) is 5.02 Å². The molecule has 1 aromatic carbocycles. The zero-order valence-electron chi connectivity index (χ0n) is 16.9. The Hall–Kier alpha value is -1.94. The number of benzene rings is 1. The SMILES string of the molecule is Cc1cccc(Cl)c1OCc1ccc(C(=O)NCC23CC4CC(CC(C4)C2)C3)o1. The van der Waals surface area contributed by atoms with Gasteiger partial charge in [-0.05, 0) is 92.4 Å². The molecule has 5 heteroatoms. The highest BCUT2D eigenvalue weighted by atomic mass is 35.5. The van der Waals surface area contributed by atoms with E-state index >= 15 is 0 Å². The summed E-state index contributed by atoms with van der Waals surface area (Å²) in [6.45, 7) is 2.97. The fourth-order valence-corrected chi connectivity index (χ4v) is 6.66. The minimum absolute atomic E-state index is 0.124. The number of carbonyl (C=O) groups excluding carboxylic acids is 1. The second-order valence-electron chi connectivity index (χ2n) is 9.54. The second-order valence-corrected chi connectivity index (χ2v) is 9.95. The molecule has 0 radical (unpaired) electrons. The minimum Gasteiger partial charge on any atom is -0.484 e. The van der Waals surface area contributed by atoms with E-state index in [0.29, 0.717) is 27.7 Å². The number of hydrogen-bond donors (Lipinski definition) is 1. The van der Waals surface area contributed by atoms with Crippen molar-refractivity contribution in [3.63, 3.8) is 0 Å². The normalized spacial score (nSPS) is 29.8. The number of aryl methyl sites for hydroxylation is 1. The van der Waals surface area contributed by atoms with Crippen LogP contribution < -0.4 is 10.1 Å². The lowest BCUT2D eigenvalue weighted by Gasteiger charge is -2.56. The number of nitrogens with one attached hydrogen (secondary N) is 1. The highest BCUT2D eigenvalue weighted by Crippen LogP contribution is 2.59. The Morgan fingerprint density at radius 3 is 2.48 bits per heavy atom. The van der Waals surface area contributed by atoms with E-state index in [4.69, 9.17) is 20.8 Å². The highest BCUT2D eigenvalue weighted by molar-refractivity contribution is 6.32. The second kappa shape index (κ2) is 7.39. The number of rotatable bonds is 6. The molecular weight excluding hydrogens is 386 g/mol. The van der Waals surface area contributed by atoms with Gasteiger partial charge in [-0.2, -0.15) is 0 Å². The molecule has 1 N–H and O–H groups in total. The van der Waals surface area contributed by atoms with Gasteiger partial charge in [-0.3, -0.25) is 4.79 Å². The molecule has 4 saturated carbocycles. The first-order chi connectivity index (χ1) is 14.0. The molecule has 0 aliphatic heterocycles. The summed E-state index contributed by atoms with van der Waals surface area (Å²) in [4.78, 5) is 12.7. The Labute approximate surface area is 177 Å². The van der Waals surface area contributed by atoms with Crippen LogP contribution in [0, 0.1) is 30.1 Å². The summed E-state index contributed by atoms with van der Waals surface area (Å²) in [6.07, 6.45) is 8.11. The molecule has 4 nitrogen and oxygen atoms in total. The Morgan fingerprint density at radius 2 is 1.83 bits per heavy atom. The molecule has 1 amide bonds. The Morgan fingerprint density at radius 1 is 1.14 bits per heavy atom. The van der Waals surface area contributed by atoms with E-state index in [1.54, 1.807) is 18.2 Å². The predicted molar refractivity (Wildman–Crippen MR) is 112 cm³/mol. The zero-order valence-corrected chi connectivity index (χ0v) is 17.6. The van der Waals surface area contributed by atoms with Gasteiger partial charge in [-0.15, -0.1) is 0 Å². The summed E-state index contributed by atoms with van der Waals surface area (Å²) < 4.78 is 11.6. The summed E-state index contributed by atoms with van der Waals surface area (Å²) in [5.74, 6) is 4.16. The van der Waals surface area contributed by atoms with E-state index in [-0.39, 0.29) is 12.5 Å². The molecule has 1 aromatic heterocycles. The van der Waals surface area contributed by atoms with Gasteiger partial charge in [-0.1, -0.05) is 23.7 Å². The van der Waals surface area contributed by atoms with E-state index in [1.165, 1.54) is 38.5 Å². The van der Waals surface area contributed by atoms with Gasteiger partial charge in [-0.25, -0.2) is 0 Å². The fourth-order valence-electron chi connectivity index (χ4n) is 6.38. The lowest BCUT2D eigenvalue weighted by molar-refractivity contribution is -0.0504. The smallest absolute Gasteiger partial charge is 0.287 e. The zero-order chi connectivity index (χ0) is 20.0. The van der Waals surface area contributed by atoms with Gasteiger partial charge in [0.05, 0.1) is 5.02 Å². The van der Waals surface area contributed by atoms with Gasteiger partial charge in [0.2, 0.25) is 0 Å². The molecule has 2 aromatic rings. The number of halogens is 1. The van der Waals surface area contributed by atoms with Gasteiger partial charge >= 0.3 is 0 Å². The van der Waals surface area contributed by atoms with Crippen molar-refractivity contribution in [3.05, 3.63) is 52.4 Å². The van der Waals surface area contributed by atoms with Crippen molar-refractivity contribution in [1.82, 2.24) is 5.32 Å². The van der Waals surface area contributed by atoms with Crippen molar-refractivity contribution in [1.29, 1.82) is 0 Å². The van der Waals surface area contributed by atoms with Crippen LogP contribution in [-0.2, 0) is 6.61 Å². The van der Waals surface area contributed by atoms with E-state index in [1.807, 2.05) is 19.1 Å². The van der Waals surface area contributed by atoms with Crippen LogP contribution in [0.4, 0.5) is 0 Å². The van der Waals surface area contributed by atoms with E-state index in [0.717, 1.165) is 29.9 Å². The molecule has 0 atom stereocenters. The van der Waals surface area contributed by atoms with Gasteiger partial charge in [0, 0.05) is 6.54 Å². The maximum Gasteiger partial charge on any atom is 0.287 e. The van der Waals surface area contributed by atoms with E-state index < -0.39 is 0 Å². The van der Waals surface area contributed by atoms with Crippen molar-refractivity contribution in [3.8, 4) is 5.75 Å². The molecule has 4 aliphatic carbocycles. The monoisotopic (exact) mass is 413 g/mol. The van der Waals surface area contributed by atoms with Crippen molar-refractivity contribution in [2.45, 2.75) is 52.1 Å². The number of amides is 1. The molecule has 29 heavy (non-hydrogen) atoms. The standard InChI is InChI=1S/C24H28ClNO3/c1-15-3-2-4-20(25)22(15)28-13-19-5-6-21(29-19)23(27)26-14-24-10-16-7-17(11-24)9-18(8-16)12-24/h2-6,16-18H,7-14H2,1H3,(H,26,27). The van der Waals surface area contributed by atoms with Crippen molar-refractivity contribution in [2.75, 3.05) is 6.54 Å². The molecule has 0 spiro atoms. The number of hydrogen-bond acceptors (Lipinski definition) is 3. The summed E-state index contributed by atoms with van der Waals surface area (Å²) in [5.41, 5.74) is 1.29. The van der Waals surface area contributed by atoms with Crippen LogP contribution in [0.25, 0.3) is 0 Å². The van der Waals surface area contributed by atoms with E-state index in [9.17, 15) is 4.79 Å². The van der Waals surface area contributed by atoms with Crippen LogP contribution in [0.15, 0.2) is 34.7 Å². The Bertz CT molecular complexity index is 863. The maximum absolute atomic E-state index is 12.7. The summed E-state index contributed by atoms with van der Waals surface area (Å²) in [7, 11) is 0. The third-order valence-corrected chi connectivity index (χ3v) is 7.49. The van der Waals surface area contributed by atoms with E-state index in [2.05, 4.69) is 5.32 Å². The van der Waals surface area contributed by atoms with Gasteiger partial charge in [0.25, 0.3) is 5.91 Å². The maximum atomic E-state index is 12.7. The third kappa shape index (κ3) is 3.79. The number of furan rings is 1. The first-order valence-electron chi connectivity index (χ1n) is 10.7. The quantitative estimate of drug-likeness (QED) is 0.654. The van der Waals surface area contributed by atoms with Crippen LogP contribution in [0.3, 0.4) is 0 Å². The Balaban J connectivity index is 1.18. The number of carbonyl (C=O) groups is 1. The topological polar surface area (TPSA) is 51.5 Å². The molecular formula is C24H28ClNO3. The average Bonchev–Trinajstić information content (AvgIpc) is 3.14. The van der Waals surface area contributed by atoms with Crippen LogP contribution in [-0.4, -0.2) is 12.5 Å². The lowest BCUT2D eigenvalue weighted by atomic mass is 9.49. The highest BCUT2D eigenvalue weighted by Gasteiger charge is 2.50. The molecule has 4 bridgehead atoms. The van der Waals surface area contributed by atoms with Gasteiger partial charge in [0.15, 0.2) is 5.76 Å².